The van der Waals surface area contributed by atoms with Gasteiger partial charge >= 0.3 is 42.7 Å². The number of β-lactam (4-membered cyclic amide) rings is 4. The number of nitrogen functional groups attached to an aromatic ring is 3. The third kappa shape index (κ3) is 24.1. The van der Waals surface area contributed by atoms with Gasteiger partial charge in [-0.05, 0) is 221 Å². The molecule has 0 unspecified atom stereocenters. The SMILES string of the molecule is CCN(C(=O)[C@@H]1[C@@H](Cc2ccnc(N)c2)C(=O)N1C(=O)N[C@@H](C1CC1)C(F)(F)F)c1ncccn1.CC[C@@H](NC(=O)N1C(=O)[C@H](Cc2ccnc(NC)c2)[C@H]1C(=O)N(C)c1ccccc1)C1CCCCC1.CN(C(=O)[C@@H]1[C@@H](Cc2ccnc(N)c2)C(=O)N1C(=O)N[C@@H](C1CC1)C(F)(F)F)c1ccncc1.CN(C(=O)[C@@H]1[C@@H](Cc2ccnc(N)c2)C(=O)N1C(=O)N[C@@H](C1CC1)C(F)(F)F)c1ncccn1. The molecule has 11 N–H and O–H groups in total. The second-order valence-electron chi connectivity index (χ2n) is 35.1. The Morgan fingerprint density at radius 3 is 1.05 bits per heavy atom. The minimum absolute atomic E-state index is 0.00522. The number of halogens is 9. The number of hydrogen-bond acceptors (Lipinski definition) is 25. The minimum Gasteiger partial charge on any atom is -0.384 e. The molecule has 11 heterocycles. The van der Waals surface area contributed by atoms with E-state index in [4.69, 9.17) is 17.2 Å². The lowest BCUT2D eigenvalue weighted by Gasteiger charge is -2.46. The number of alkyl halides is 9. The number of para-hydroxylation sites is 1. The van der Waals surface area contributed by atoms with E-state index in [1.807, 2.05) is 58.4 Å². The minimum atomic E-state index is -4.68. The van der Waals surface area contributed by atoms with E-state index in [-0.39, 0.29) is 73.0 Å². The highest BCUT2D eigenvalue weighted by Gasteiger charge is 2.63. The maximum Gasteiger partial charge on any atom is 0.408 e. The van der Waals surface area contributed by atoms with Crippen molar-refractivity contribution in [3.63, 3.8) is 0 Å². The zero-order chi connectivity index (χ0) is 100. The Morgan fingerprint density at radius 2 is 0.712 bits per heavy atom. The number of anilines is 8. The van der Waals surface area contributed by atoms with E-state index in [1.165, 1.54) is 122 Å². The van der Waals surface area contributed by atoms with Gasteiger partial charge in [-0.2, -0.15) is 39.5 Å². The first-order valence-electron chi connectivity index (χ1n) is 45.3. The number of carbonyl (C=O) groups is 12. The van der Waals surface area contributed by atoms with Gasteiger partial charge in [0.05, 0.1) is 23.7 Å². The number of rotatable bonds is 27. The van der Waals surface area contributed by atoms with Gasteiger partial charge in [-0.15, -0.1) is 0 Å². The molecule has 139 heavy (non-hydrogen) atoms. The summed E-state index contributed by atoms with van der Waals surface area (Å²) in [6.07, 6.45) is 9.61. The lowest BCUT2D eigenvalue weighted by atomic mass is 9.81. The molecular weight excluding hydrogens is 1830 g/mol. The van der Waals surface area contributed by atoms with Crippen molar-refractivity contribution in [2.75, 3.05) is 76.9 Å². The molecule has 1 aromatic carbocycles. The summed E-state index contributed by atoms with van der Waals surface area (Å²) in [6.45, 7) is 3.84. The van der Waals surface area contributed by atoms with E-state index in [0.717, 1.165) is 40.3 Å². The molecule has 46 heteroatoms. The number of likely N-dealkylation sites (N-methyl/N-ethyl adjacent to an activating group) is 4. The molecule has 16 amide bonds. The number of hydrogen-bond donors (Lipinski definition) is 8. The van der Waals surface area contributed by atoms with E-state index >= 15 is 0 Å². The summed E-state index contributed by atoms with van der Waals surface area (Å²) in [7, 11) is 6.29. The summed E-state index contributed by atoms with van der Waals surface area (Å²) in [5, 5.41) is 11.9. The van der Waals surface area contributed by atoms with Crippen molar-refractivity contribution >= 4 is 118 Å². The molecule has 16 rings (SSSR count). The molecule has 37 nitrogen and oxygen atoms in total. The van der Waals surface area contributed by atoms with Gasteiger partial charge in [-0.3, -0.25) is 72.7 Å². The fourth-order valence-corrected chi connectivity index (χ4v) is 17.9. The van der Waals surface area contributed by atoms with Crippen molar-refractivity contribution in [3.8, 4) is 0 Å². The van der Waals surface area contributed by atoms with E-state index in [0.29, 0.717) is 93.8 Å². The van der Waals surface area contributed by atoms with E-state index < -0.39 is 162 Å². The number of likely N-dealkylation sites (tertiary alicyclic amines) is 4. The molecule has 7 aromatic heterocycles. The molecule has 8 fully saturated rings. The number of nitrogens with zero attached hydrogens (tertiary/aromatic N) is 17. The Morgan fingerprint density at radius 1 is 0.381 bits per heavy atom. The molecule has 738 valence electrons. The highest BCUT2D eigenvalue weighted by Crippen LogP contribution is 2.46. The van der Waals surface area contributed by atoms with Crippen molar-refractivity contribution in [1.29, 1.82) is 0 Å². The summed E-state index contributed by atoms with van der Waals surface area (Å²) in [5.74, 6) is -8.77. The average Bonchev–Trinajstić information content (AvgIpc) is 1.59. The van der Waals surface area contributed by atoms with Gasteiger partial charge in [0.2, 0.25) is 35.5 Å². The molecule has 0 bridgehead atoms. The first kappa shape index (κ1) is 102. The van der Waals surface area contributed by atoms with Crippen molar-refractivity contribution in [2.24, 2.45) is 47.3 Å². The molecule has 4 aliphatic carbocycles. The fourth-order valence-electron chi connectivity index (χ4n) is 17.9. The smallest absolute Gasteiger partial charge is 0.384 e. The Hall–Kier alpha value is -14.7. The summed E-state index contributed by atoms with van der Waals surface area (Å²) >= 11 is 0. The van der Waals surface area contributed by atoms with Crippen LogP contribution in [-0.2, 0) is 64.0 Å². The van der Waals surface area contributed by atoms with Crippen molar-refractivity contribution in [1.82, 2.24) is 85.7 Å². The fraction of sp³-hybridized carbons (Fsp3) is 0.452. The van der Waals surface area contributed by atoms with Crippen LogP contribution >= 0.6 is 0 Å². The van der Waals surface area contributed by atoms with Gasteiger partial charge in [0.25, 0.3) is 23.6 Å². The van der Waals surface area contributed by atoms with Gasteiger partial charge in [-0.1, -0.05) is 44.4 Å². The Kier molecular flexibility index (Phi) is 32.1. The third-order valence-electron chi connectivity index (χ3n) is 25.7. The number of amides is 16. The molecule has 4 aliphatic heterocycles. The molecule has 8 aliphatic rings. The van der Waals surface area contributed by atoms with Crippen molar-refractivity contribution < 1.29 is 97.0 Å². The molecule has 4 saturated heterocycles. The lowest BCUT2D eigenvalue weighted by molar-refractivity contribution is -0.163. The van der Waals surface area contributed by atoms with Crippen LogP contribution in [-0.4, -0.2) is 237 Å². The van der Waals surface area contributed by atoms with Gasteiger partial charge in [0, 0.05) is 114 Å². The number of benzene rings is 1. The first-order chi connectivity index (χ1) is 66.2. The number of imide groups is 4. The van der Waals surface area contributed by atoms with Crippen LogP contribution in [0.2, 0.25) is 0 Å². The number of aromatic nitrogens is 9. The normalized spacial score (nSPS) is 20.9. The monoisotopic (exact) mass is 1940 g/mol. The van der Waals surface area contributed by atoms with E-state index in [9.17, 15) is 97.0 Å². The maximum absolute atomic E-state index is 13.7. The van der Waals surface area contributed by atoms with E-state index in [2.05, 4.69) is 62.4 Å². The number of carbonyl (C=O) groups excluding carboxylic acids is 12. The number of nitrogens with one attached hydrogen (secondary N) is 5. The predicted molar refractivity (Wildman–Crippen MR) is 487 cm³/mol. The van der Waals surface area contributed by atoms with Crippen LogP contribution in [0.3, 0.4) is 0 Å². The Bertz CT molecular complexity index is 5580. The highest BCUT2D eigenvalue weighted by molar-refractivity contribution is 6.16. The second kappa shape index (κ2) is 43.8. The third-order valence-corrected chi connectivity index (χ3v) is 25.7. The van der Waals surface area contributed by atoms with Crippen LogP contribution in [0.5, 0.6) is 0 Å². The van der Waals surface area contributed by atoms with Crippen molar-refractivity contribution in [3.05, 3.63) is 187 Å². The topological polar surface area (TPSA) is 485 Å². The summed E-state index contributed by atoms with van der Waals surface area (Å²) in [6, 6.07) is 13.4. The standard InChI is InChI=1S/C28H37N5O3.C22H24F3N7O3.C22H23F3N6O3.C21H22F3N7O3/c1-4-23(20-11-7-5-8-12-20)31-28(36)33-25(27(35)32(3)21-13-9-6-10-14-21)22(26(33)34)17-19-15-16-30-24(18-19)29-2;1-2-31(20-28-7-3-8-29-20)19(34)16-14(10-12-6-9-27-15(26)11-12)18(33)32(16)21(35)30-17(13-4-5-13)22(23,24)25;1-30(14-5-7-27-8-6-14)20(33)17-15(10-12-4-9-28-16(26)11-12)19(32)31(17)21(34)29-18(13-2-3-13)22(23,24)25;1-30(19-27-6-2-7-28-19)18(33)15-13(9-11-5-8-26-14(25)10-11)17(32)31(15)20(34)29-16(12-3-4-12)21(22,23)24/h6,9-10,13-16,18,20,22-23,25H,4-5,7-8,11-12,17H2,1-3H3,(H,29,30)(H,31,36);3,6-9,11,13-14,16-17H,2,4-5,10H2,1H3,(H2,26,27)(H,30,35);4-9,11,13,15,17-18H,2-3,10H2,1H3,(H2,26,28)(H,29,34);2,5-8,10,12-13,15-16H,3-4,9H2,1H3,(H2,25,26)(H,29,34)/t22-,23-,25+;14-,16+,17+;15-,17+,18+;13-,15+,16+/m1111/s1. The first-order valence-corrected chi connectivity index (χ1v) is 45.3. The van der Waals surface area contributed by atoms with Crippen LogP contribution in [0.4, 0.5) is 105 Å². The van der Waals surface area contributed by atoms with Crippen LogP contribution in [0.1, 0.15) is 113 Å². The lowest BCUT2D eigenvalue weighted by Crippen LogP contribution is -2.71. The van der Waals surface area contributed by atoms with Crippen LogP contribution < -0.4 is 63.4 Å². The van der Waals surface area contributed by atoms with Crippen molar-refractivity contribution in [2.45, 2.75) is 183 Å². The van der Waals surface area contributed by atoms with Crippen LogP contribution in [0.15, 0.2) is 165 Å². The summed E-state index contributed by atoms with van der Waals surface area (Å²) in [4.78, 5) is 202. The van der Waals surface area contributed by atoms with Gasteiger partial charge < -0.3 is 53.6 Å². The molecule has 0 spiro atoms. The maximum atomic E-state index is 13.7. The van der Waals surface area contributed by atoms with E-state index in [1.54, 1.807) is 69.7 Å². The predicted octanol–water partition coefficient (Wildman–Crippen LogP) is 9.83. The Balaban J connectivity index is 0.000000156. The van der Waals surface area contributed by atoms with Crippen LogP contribution in [0, 0.1) is 47.3 Å². The second-order valence-corrected chi connectivity index (χ2v) is 35.1. The largest absolute Gasteiger partial charge is 0.408 e. The Labute approximate surface area is 792 Å². The number of pyridine rings is 5. The molecular formula is C93H106F9N25O12. The van der Waals surface area contributed by atoms with Gasteiger partial charge in [-0.25, -0.2) is 59.0 Å². The highest BCUT2D eigenvalue weighted by atomic mass is 19.4. The van der Waals surface area contributed by atoms with Crippen LogP contribution in [0.25, 0.3) is 0 Å². The molecule has 4 saturated carbocycles. The zero-order valence-electron chi connectivity index (χ0n) is 76.5. The number of nitrogens with two attached hydrogens (primary N) is 3. The zero-order valence-corrected chi connectivity index (χ0v) is 76.5. The van der Waals surface area contributed by atoms with Gasteiger partial charge in [0.15, 0.2) is 0 Å². The molecule has 12 atom stereocenters. The average molecular weight is 1940 g/mol. The summed E-state index contributed by atoms with van der Waals surface area (Å²) in [5.41, 5.74) is 20.9. The molecule has 8 aromatic rings. The summed E-state index contributed by atoms with van der Waals surface area (Å²) < 4.78 is 121. The molecule has 0 radical (unpaired) electrons. The van der Waals surface area contributed by atoms with Gasteiger partial charge in [0.1, 0.15) is 65.6 Å². The quantitative estimate of drug-likeness (QED) is 0.0175. The number of urea groups is 4.